The first-order chi connectivity index (χ1) is 11.4. The maximum absolute atomic E-state index is 11.8. The minimum atomic E-state index is -0.472. The van der Waals surface area contributed by atoms with Crippen molar-refractivity contribution in [2.75, 3.05) is 5.32 Å². The zero-order valence-corrected chi connectivity index (χ0v) is 13.7. The zero-order valence-electron chi connectivity index (χ0n) is 13.7. The Kier molecular flexibility index (Phi) is 4.08. The molecule has 0 unspecified atom stereocenters. The standard InChI is InChI=1S/C19H19N3O2/c1-12-4-3-5-14(8-12)11-22-17-7-6-16(21-13(2)23)9-15(17)10-18(22)19(20)24/h3-10H,11H2,1-2H3,(H2,20,24)(H,21,23). The number of nitrogens with two attached hydrogens (primary N) is 1. The maximum Gasteiger partial charge on any atom is 0.265 e. The Balaban J connectivity index is 2.09. The fraction of sp³-hybridized carbons (Fsp3) is 0.158. The number of amides is 2. The Hall–Kier alpha value is -3.08. The maximum atomic E-state index is 11.8. The van der Waals surface area contributed by atoms with Crippen LogP contribution in [-0.2, 0) is 11.3 Å². The molecular weight excluding hydrogens is 302 g/mol. The van der Waals surface area contributed by atoms with E-state index in [9.17, 15) is 9.59 Å². The number of hydrogen-bond acceptors (Lipinski definition) is 2. The molecule has 0 saturated carbocycles. The van der Waals surface area contributed by atoms with Gasteiger partial charge in [0.25, 0.3) is 5.91 Å². The van der Waals surface area contributed by atoms with E-state index in [1.165, 1.54) is 6.92 Å². The van der Waals surface area contributed by atoms with Gasteiger partial charge in [-0.15, -0.1) is 0 Å². The van der Waals surface area contributed by atoms with Gasteiger partial charge in [0, 0.05) is 30.1 Å². The number of rotatable bonds is 4. The van der Waals surface area contributed by atoms with Gasteiger partial charge in [0.1, 0.15) is 5.69 Å². The Morgan fingerprint density at radius 3 is 2.58 bits per heavy atom. The van der Waals surface area contributed by atoms with Crippen molar-refractivity contribution in [3.63, 3.8) is 0 Å². The molecule has 1 aromatic heterocycles. The molecule has 0 radical (unpaired) electrons. The van der Waals surface area contributed by atoms with E-state index in [1.54, 1.807) is 6.07 Å². The summed E-state index contributed by atoms with van der Waals surface area (Å²) in [6, 6.07) is 15.5. The average Bonchev–Trinajstić information content (AvgIpc) is 2.85. The summed E-state index contributed by atoms with van der Waals surface area (Å²) in [5.74, 6) is -0.608. The van der Waals surface area contributed by atoms with Gasteiger partial charge in [-0.05, 0) is 36.8 Å². The van der Waals surface area contributed by atoms with Crippen LogP contribution in [0.3, 0.4) is 0 Å². The average molecular weight is 321 g/mol. The van der Waals surface area contributed by atoms with Crippen molar-refractivity contribution >= 4 is 28.4 Å². The van der Waals surface area contributed by atoms with Gasteiger partial charge in [-0.2, -0.15) is 0 Å². The van der Waals surface area contributed by atoms with Gasteiger partial charge in [-0.1, -0.05) is 29.8 Å². The van der Waals surface area contributed by atoms with E-state index >= 15 is 0 Å². The summed E-state index contributed by atoms with van der Waals surface area (Å²) in [6.07, 6.45) is 0. The first-order valence-corrected chi connectivity index (χ1v) is 7.70. The molecule has 1 heterocycles. The molecule has 0 aliphatic rings. The van der Waals surface area contributed by atoms with Crippen molar-refractivity contribution in [3.8, 4) is 0 Å². The molecule has 2 amide bonds. The van der Waals surface area contributed by atoms with Crippen molar-refractivity contribution in [3.05, 3.63) is 65.4 Å². The van der Waals surface area contributed by atoms with Crippen LogP contribution in [0.4, 0.5) is 5.69 Å². The van der Waals surface area contributed by atoms with Crippen molar-refractivity contribution in [1.82, 2.24) is 4.57 Å². The Morgan fingerprint density at radius 1 is 1.12 bits per heavy atom. The normalized spacial score (nSPS) is 10.8. The predicted molar refractivity (Wildman–Crippen MR) is 95.0 cm³/mol. The number of aromatic nitrogens is 1. The number of anilines is 1. The third-order valence-corrected chi connectivity index (χ3v) is 3.90. The summed E-state index contributed by atoms with van der Waals surface area (Å²) in [4.78, 5) is 23.1. The highest BCUT2D eigenvalue weighted by Gasteiger charge is 2.14. The van der Waals surface area contributed by atoms with Gasteiger partial charge in [0.2, 0.25) is 5.91 Å². The second-order valence-corrected chi connectivity index (χ2v) is 5.92. The predicted octanol–water partition coefficient (Wildman–Crippen LogP) is 3.06. The summed E-state index contributed by atoms with van der Waals surface area (Å²) in [6.45, 7) is 4.05. The third-order valence-electron chi connectivity index (χ3n) is 3.90. The molecule has 0 fully saturated rings. The minimum absolute atomic E-state index is 0.135. The molecule has 3 aromatic rings. The van der Waals surface area contributed by atoms with Gasteiger partial charge >= 0.3 is 0 Å². The first kappa shape index (κ1) is 15.8. The molecule has 5 heteroatoms. The Bertz CT molecular complexity index is 941. The molecule has 5 nitrogen and oxygen atoms in total. The number of nitrogens with one attached hydrogen (secondary N) is 1. The summed E-state index contributed by atoms with van der Waals surface area (Å²) in [5.41, 5.74) is 9.86. The van der Waals surface area contributed by atoms with E-state index in [1.807, 2.05) is 47.9 Å². The molecular formula is C19H19N3O2. The SMILES string of the molecule is CC(=O)Nc1ccc2c(c1)cc(C(N)=O)n2Cc1cccc(C)c1. The van der Waals surface area contributed by atoms with Crippen molar-refractivity contribution in [2.45, 2.75) is 20.4 Å². The fourth-order valence-electron chi connectivity index (χ4n) is 2.92. The molecule has 122 valence electrons. The van der Waals surface area contributed by atoms with Crippen molar-refractivity contribution in [1.29, 1.82) is 0 Å². The van der Waals surface area contributed by atoms with Crippen LogP contribution in [0.1, 0.15) is 28.5 Å². The molecule has 3 rings (SSSR count). The highest BCUT2D eigenvalue weighted by Crippen LogP contribution is 2.25. The van der Waals surface area contributed by atoms with E-state index in [-0.39, 0.29) is 5.91 Å². The van der Waals surface area contributed by atoms with Gasteiger partial charge in [-0.25, -0.2) is 0 Å². The lowest BCUT2D eigenvalue weighted by Gasteiger charge is -2.10. The van der Waals surface area contributed by atoms with Gasteiger partial charge < -0.3 is 15.6 Å². The fourth-order valence-corrected chi connectivity index (χ4v) is 2.92. The van der Waals surface area contributed by atoms with Crippen LogP contribution < -0.4 is 11.1 Å². The summed E-state index contributed by atoms with van der Waals surface area (Å²) in [5, 5.41) is 3.61. The summed E-state index contributed by atoms with van der Waals surface area (Å²) < 4.78 is 1.91. The highest BCUT2D eigenvalue weighted by atomic mass is 16.1. The molecule has 0 spiro atoms. The summed E-state index contributed by atoms with van der Waals surface area (Å²) in [7, 11) is 0. The number of hydrogen-bond donors (Lipinski definition) is 2. The molecule has 2 aromatic carbocycles. The molecule has 0 saturated heterocycles. The molecule has 24 heavy (non-hydrogen) atoms. The number of primary amides is 1. The second-order valence-electron chi connectivity index (χ2n) is 5.92. The number of nitrogens with zero attached hydrogens (tertiary/aromatic N) is 1. The summed E-state index contributed by atoms with van der Waals surface area (Å²) >= 11 is 0. The number of carbonyl (C=O) groups is 2. The van der Waals surface area contributed by atoms with Crippen LogP contribution in [0.2, 0.25) is 0 Å². The molecule has 0 aliphatic heterocycles. The topological polar surface area (TPSA) is 77.1 Å². The highest BCUT2D eigenvalue weighted by molar-refractivity contribution is 5.99. The number of fused-ring (bicyclic) bond motifs is 1. The zero-order chi connectivity index (χ0) is 17.3. The van der Waals surface area contributed by atoms with E-state index in [0.29, 0.717) is 17.9 Å². The quantitative estimate of drug-likeness (QED) is 0.775. The number of carbonyl (C=O) groups excluding carboxylic acids is 2. The van der Waals surface area contributed by atoms with Crippen molar-refractivity contribution < 1.29 is 9.59 Å². The van der Waals surface area contributed by atoms with Crippen LogP contribution in [-0.4, -0.2) is 16.4 Å². The molecule has 0 atom stereocenters. The molecule has 0 aliphatic carbocycles. The lowest BCUT2D eigenvalue weighted by atomic mass is 10.1. The Labute approximate surface area is 140 Å². The smallest absolute Gasteiger partial charge is 0.265 e. The largest absolute Gasteiger partial charge is 0.364 e. The van der Waals surface area contributed by atoms with Crippen molar-refractivity contribution in [2.24, 2.45) is 5.73 Å². The molecule has 0 bridgehead atoms. The van der Waals surface area contributed by atoms with E-state index < -0.39 is 5.91 Å². The lowest BCUT2D eigenvalue weighted by Crippen LogP contribution is -2.17. The first-order valence-electron chi connectivity index (χ1n) is 7.70. The van der Waals surface area contributed by atoms with Gasteiger partial charge in [0.15, 0.2) is 0 Å². The van der Waals surface area contributed by atoms with Crippen LogP contribution in [0.25, 0.3) is 10.9 Å². The lowest BCUT2D eigenvalue weighted by molar-refractivity contribution is -0.114. The van der Waals surface area contributed by atoms with Crippen LogP contribution in [0, 0.1) is 6.92 Å². The van der Waals surface area contributed by atoms with Crippen LogP contribution in [0.15, 0.2) is 48.5 Å². The second kappa shape index (κ2) is 6.20. The minimum Gasteiger partial charge on any atom is -0.364 e. The number of benzene rings is 2. The van der Waals surface area contributed by atoms with Gasteiger partial charge in [-0.3, -0.25) is 9.59 Å². The third kappa shape index (κ3) is 3.15. The van der Waals surface area contributed by atoms with Crippen LogP contribution >= 0.6 is 0 Å². The van der Waals surface area contributed by atoms with E-state index in [2.05, 4.69) is 11.4 Å². The van der Waals surface area contributed by atoms with E-state index in [4.69, 9.17) is 5.73 Å². The monoisotopic (exact) mass is 321 g/mol. The number of aryl methyl sites for hydroxylation is 1. The Morgan fingerprint density at radius 2 is 1.92 bits per heavy atom. The van der Waals surface area contributed by atoms with E-state index in [0.717, 1.165) is 22.0 Å². The molecule has 3 N–H and O–H groups in total. The van der Waals surface area contributed by atoms with Crippen LogP contribution in [0.5, 0.6) is 0 Å². The van der Waals surface area contributed by atoms with Gasteiger partial charge in [0.05, 0.1) is 0 Å².